The van der Waals surface area contributed by atoms with Crippen molar-refractivity contribution >= 4 is 41.8 Å². The predicted molar refractivity (Wildman–Crippen MR) is 156 cm³/mol. The minimum absolute atomic E-state index is 0.0760. The summed E-state index contributed by atoms with van der Waals surface area (Å²) in [5, 5.41) is 0. The van der Waals surface area contributed by atoms with Crippen LogP contribution in [0.2, 0.25) is 0 Å². The van der Waals surface area contributed by atoms with E-state index in [1.807, 2.05) is 0 Å². The monoisotopic (exact) mass is 647 g/mol. The van der Waals surface area contributed by atoms with Crippen molar-refractivity contribution in [2.45, 2.75) is 111 Å². The molecule has 0 fully saturated rings. The standard InChI is InChI=1S/C29H49N3O13/c1-9-16(8)23(32)28(38)43-18(13-20(34)41-11-3)25(35)45-29(39)24(44-27(37)22(31)15(6)7)17(12-19(33)40-10-2)42-26(36)21(30)14(4)5/h14-18,21-24H,9-13,30-32H2,1-8H3/t16-,17?,18?,21-,22-,23-,24?/m0/s1. The van der Waals surface area contributed by atoms with Gasteiger partial charge in [0.05, 0.1) is 26.1 Å². The van der Waals surface area contributed by atoms with Crippen LogP contribution >= 0.6 is 0 Å². The van der Waals surface area contributed by atoms with Crippen LogP contribution in [-0.2, 0) is 62.0 Å². The molecule has 0 bridgehead atoms. The Morgan fingerprint density at radius 2 is 1.00 bits per heavy atom. The van der Waals surface area contributed by atoms with Gasteiger partial charge in [-0.05, 0) is 31.6 Å². The molecule has 0 saturated heterocycles. The lowest BCUT2D eigenvalue weighted by Gasteiger charge is -2.28. The largest absolute Gasteiger partial charge is 0.466 e. The Hall–Kier alpha value is -3.63. The third-order valence-electron chi connectivity index (χ3n) is 6.64. The molecule has 0 amide bonds. The molecule has 258 valence electrons. The summed E-state index contributed by atoms with van der Waals surface area (Å²) < 4.78 is 30.3. The lowest BCUT2D eigenvalue weighted by Crippen LogP contribution is -2.50. The van der Waals surface area contributed by atoms with Gasteiger partial charge >= 0.3 is 41.8 Å². The summed E-state index contributed by atoms with van der Waals surface area (Å²) in [6.45, 7) is 12.6. The lowest BCUT2D eigenvalue weighted by atomic mass is 10.0. The Balaban J connectivity index is 6.56. The third-order valence-corrected chi connectivity index (χ3v) is 6.64. The van der Waals surface area contributed by atoms with Crippen molar-refractivity contribution in [2.24, 2.45) is 35.0 Å². The Kier molecular flexibility index (Phi) is 18.8. The molecular formula is C29H49N3O13. The van der Waals surface area contributed by atoms with Crippen molar-refractivity contribution in [3.63, 3.8) is 0 Å². The molecule has 0 radical (unpaired) electrons. The van der Waals surface area contributed by atoms with E-state index in [1.54, 1.807) is 41.5 Å². The number of esters is 7. The smallest absolute Gasteiger partial charge is 0.359 e. The maximum Gasteiger partial charge on any atom is 0.359 e. The van der Waals surface area contributed by atoms with E-state index in [-0.39, 0.29) is 19.1 Å². The molecule has 0 aromatic rings. The summed E-state index contributed by atoms with van der Waals surface area (Å²) in [6, 6.07) is -3.69. The van der Waals surface area contributed by atoms with Crippen molar-refractivity contribution in [1.29, 1.82) is 0 Å². The highest BCUT2D eigenvalue weighted by Gasteiger charge is 2.43. The zero-order valence-corrected chi connectivity index (χ0v) is 27.3. The molecule has 0 aliphatic heterocycles. The second-order valence-corrected chi connectivity index (χ2v) is 11.0. The van der Waals surface area contributed by atoms with Gasteiger partial charge in [-0.1, -0.05) is 48.0 Å². The second kappa shape index (κ2) is 20.4. The van der Waals surface area contributed by atoms with Gasteiger partial charge in [0.15, 0.2) is 6.10 Å². The van der Waals surface area contributed by atoms with Gasteiger partial charge in [-0.25, -0.2) is 9.59 Å². The van der Waals surface area contributed by atoms with Gasteiger partial charge in [-0.15, -0.1) is 0 Å². The van der Waals surface area contributed by atoms with Gasteiger partial charge < -0.3 is 45.6 Å². The number of hydrogen-bond donors (Lipinski definition) is 3. The Morgan fingerprint density at radius 1 is 0.556 bits per heavy atom. The summed E-state index contributed by atoms with van der Waals surface area (Å²) in [4.78, 5) is 89.4. The number of carbonyl (C=O) groups is 7. The zero-order valence-electron chi connectivity index (χ0n) is 27.3. The molecule has 0 aromatic heterocycles. The molecular weight excluding hydrogens is 598 g/mol. The van der Waals surface area contributed by atoms with Gasteiger partial charge in [0.1, 0.15) is 18.1 Å². The topological polar surface area (TPSA) is 253 Å². The van der Waals surface area contributed by atoms with Gasteiger partial charge in [0, 0.05) is 0 Å². The van der Waals surface area contributed by atoms with E-state index in [4.69, 9.17) is 45.6 Å². The van der Waals surface area contributed by atoms with Crippen LogP contribution in [0, 0.1) is 17.8 Å². The first-order valence-electron chi connectivity index (χ1n) is 14.9. The van der Waals surface area contributed by atoms with Gasteiger partial charge in [0.2, 0.25) is 12.2 Å². The molecule has 0 aromatic carbocycles. The van der Waals surface area contributed by atoms with E-state index in [1.165, 1.54) is 13.8 Å². The normalized spacial score (nSPS) is 15.8. The van der Waals surface area contributed by atoms with E-state index in [0.717, 1.165) is 0 Å². The molecule has 6 N–H and O–H groups in total. The van der Waals surface area contributed by atoms with Crippen molar-refractivity contribution in [1.82, 2.24) is 0 Å². The molecule has 0 aliphatic carbocycles. The summed E-state index contributed by atoms with van der Waals surface area (Å²) in [6.07, 6.45) is -7.35. The van der Waals surface area contributed by atoms with Crippen LogP contribution in [-0.4, -0.2) is 91.4 Å². The van der Waals surface area contributed by atoms with Crippen LogP contribution in [0.25, 0.3) is 0 Å². The number of nitrogens with two attached hydrogens (primary N) is 3. The minimum atomic E-state index is -2.25. The molecule has 16 nitrogen and oxygen atoms in total. The number of rotatable bonds is 19. The van der Waals surface area contributed by atoms with E-state index in [0.29, 0.717) is 6.42 Å². The minimum Gasteiger partial charge on any atom is -0.466 e. The molecule has 0 heterocycles. The van der Waals surface area contributed by atoms with E-state index < -0.39 is 103 Å². The van der Waals surface area contributed by atoms with Gasteiger partial charge in [-0.3, -0.25) is 24.0 Å². The molecule has 0 rings (SSSR count). The summed E-state index contributed by atoms with van der Waals surface area (Å²) >= 11 is 0. The molecule has 0 saturated carbocycles. The molecule has 3 unspecified atom stereocenters. The lowest BCUT2D eigenvalue weighted by molar-refractivity contribution is -0.193. The second-order valence-electron chi connectivity index (χ2n) is 11.0. The Labute approximate surface area is 263 Å². The van der Waals surface area contributed by atoms with Crippen molar-refractivity contribution in [2.75, 3.05) is 13.2 Å². The fraction of sp³-hybridized carbons (Fsp3) is 0.759. The molecule has 0 spiro atoms. The SMILES string of the molecule is CCOC(=O)CC(OC(=O)[C@@H](N)[C@@H](C)CC)C(=O)OC(=O)C(OC(=O)[C@@H](N)C(C)C)C(CC(=O)OCC)OC(=O)[C@@H](N)C(C)C. The van der Waals surface area contributed by atoms with Crippen LogP contribution in [0.15, 0.2) is 0 Å². The van der Waals surface area contributed by atoms with Crippen molar-refractivity contribution < 1.29 is 62.0 Å². The number of ether oxygens (including phenoxy) is 6. The predicted octanol–water partition coefficient (Wildman–Crippen LogP) is 0.0380. The number of carbonyl (C=O) groups excluding carboxylic acids is 7. The van der Waals surface area contributed by atoms with E-state index in [9.17, 15) is 33.6 Å². The average Bonchev–Trinajstić information content (AvgIpc) is 2.97. The van der Waals surface area contributed by atoms with Crippen LogP contribution in [0.5, 0.6) is 0 Å². The first-order chi connectivity index (χ1) is 20.9. The first kappa shape index (κ1) is 41.4. The third kappa shape index (κ3) is 14.3. The highest BCUT2D eigenvalue weighted by molar-refractivity contribution is 5.95. The maximum absolute atomic E-state index is 13.4. The first-order valence-corrected chi connectivity index (χ1v) is 14.9. The molecule has 45 heavy (non-hydrogen) atoms. The van der Waals surface area contributed by atoms with Gasteiger partial charge in [0.25, 0.3) is 0 Å². The van der Waals surface area contributed by atoms with Crippen LogP contribution in [0.3, 0.4) is 0 Å². The molecule has 16 heteroatoms. The average molecular weight is 648 g/mol. The van der Waals surface area contributed by atoms with Crippen molar-refractivity contribution in [3.05, 3.63) is 0 Å². The summed E-state index contributed by atoms with van der Waals surface area (Å²) in [5.41, 5.74) is 17.6. The highest BCUT2D eigenvalue weighted by Crippen LogP contribution is 2.18. The molecule has 0 aliphatic rings. The van der Waals surface area contributed by atoms with Crippen LogP contribution < -0.4 is 17.2 Å². The number of hydrogen-bond acceptors (Lipinski definition) is 16. The zero-order chi connectivity index (χ0) is 35.0. The fourth-order valence-corrected chi connectivity index (χ4v) is 3.32. The van der Waals surface area contributed by atoms with E-state index >= 15 is 0 Å². The highest BCUT2D eigenvalue weighted by atomic mass is 16.7. The quantitative estimate of drug-likeness (QED) is 0.0950. The van der Waals surface area contributed by atoms with Crippen molar-refractivity contribution in [3.8, 4) is 0 Å². The Morgan fingerprint density at radius 3 is 1.44 bits per heavy atom. The Bertz CT molecular complexity index is 1030. The molecule has 7 atom stereocenters. The fourth-order valence-electron chi connectivity index (χ4n) is 3.32. The maximum atomic E-state index is 13.4. The van der Waals surface area contributed by atoms with Crippen LogP contribution in [0.4, 0.5) is 0 Å². The van der Waals surface area contributed by atoms with E-state index in [2.05, 4.69) is 0 Å². The summed E-state index contributed by atoms with van der Waals surface area (Å²) in [7, 11) is 0. The van der Waals surface area contributed by atoms with Crippen LogP contribution in [0.1, 0.15) is 74.7 Å². The van der Waals surface area contributed by atoms with Gasteiger partial charge in [-0.2, -0.15) is 0 Å². The summed E-state index contributed by atoms with van der Waals surface area (Å²) in [5.74, 6) is -9.73.